The molecule has 6 heteroatoms. The minimum atomic E-state index is -0.0313. The lowest BCUT2D eigenvalue weighted by molar-refractivity contribution is -0.123. The maximum absolute atomic E-state index is 12.8. The van der Waals surface area contributed by atoms with Gasteiger partial charge in [0.2, 0.25) is 5.91 Å². The van der Waals surface area contributed by atoms with Crippen LogP contribution >= 0.6 is 0 Å². The third-order valence-corrected chi connectivity index (χ3v) is 6.00. The van der Waals surface area contributed by atoms with Crippen molar-refractivity contribution < 1.29 is 4.79 Å². The number of hydrogen-bond donors (Lipinski definition) is 1. The van der Waals surface area contributed by atoms with Gasteiger partial charge in [0.15, 0.2) is 5.82 Å². The van der Waals surface area contributed by atoms with Gasteiger partial charge in [-0.1, -0.05) is 26.7 Å². The van der Waals surface area contributed by atoms with Crippen LogP contribution in [0.25, 0.3) is 11.4 Å². The van der Waals surface area contributed by atoms with Crippen LogP contribution in [0.2, 0.25) is 0 Å². The van der Waals surface area contributed by atoms with E-state index in [1.807, 2.05) is 18.3 Å². The van der Waals surface area contributed by atoms with Gasteiger partial charge < -0.3 is 5.32 Å². The maximum Gasteiger partial charge on any atom is 0.234 e. The van der Waals surface area contributed by atoms with Gasteiger partial charge in [-0.3, -0.25) is 14.7 Å². The molecule has 0 bridgehead atoms. The summed E-state index contributed by atoms with van der Waals surface area (Å²) in [5.41, 5.74) is 3.09. The molecule has 154 valence electrons. The predicted molar refractivity (Wildman–Crippen MR) is 113 cm³/mol. The Labute approximate surface area is 173 Å². The Balaban J connectivity index is 1.51. The summed E-state index contributed by atoms with van der Waals surface area (Å²) < 4.78 is 0. The fourth-order valence-electron chi connectivity index (χ4n) is 4.55. The van der Waals surface area contributed by atoms with Crippen LogP contribution < -0.4 is 5.32 Å². The van der Waals surface area contributed by atoms with Crippen LogP contribution in [-0.4, -0.2) is 45.4 Å². The highest BCUT2D eigenvalue weighted by Gasteiger charge is 2.34. The highest BCUT2D eigenvalue weighted by Crippen LogP contribution is 2.40. The molecule has 2 aromatic heterocycles. The lowest BCUT2D eigenvalue weighted by Gasteiger charge is -2.36. The van der Waals surface area contributed by atoms with Crippen molar-refractivity contribution in [2.45, 2.75) is 58.4 Å². The number of amides is 1. The van der Waals surface area contributed by atoms with Crippen molar-refractivity contribution in [3.8, 4) is 11.4 Å². The zero-order valence-electron chi connectivity index (χ0n) is 17.5. The third kappa shape index (κ3) is 4.99. The normalized spacial score (nSPS) is 21.8. The van der Waals surface area contributed by atoms with Crippen LogP contribution in [0.5, 0.6) is 0 Å². The number of carbonyl (C=O) groups excluding carboxylic acids is 1. The highest BCUT2D eigenvalue weighted by atomic mass is 16.2. The molecule has 29 heavy (non-hydrogen) atoms. The number of fused-ring (bicyclic) bond motifs is 1. The summed E-state index contributed by atoms with van der Waals surface area (Å²) in [6.07, 6.45) is 12.2. The molecule has 6 nitrogen and oxygen atoms in total. The molecule has 2 aliphatic rings. The van der Waals surface area contributed by atoms with Gasteiger partial charge in [-0.05, 0) is 56.3 Å². The Kier molecular flexibility index (Phi) is 5.90. The Morgan fingerprint density at radius 3 is 2.72 bits per heavy atom. The van der Waals surface area contributed by atoms with Crippen molar-refractivity contribution in [3.63, 3.8) is 0 Å². The number of carbonyl (C=O) groups is 1. The lowest BCUT2D eigenvalue weighted by Crippen LogP contribution is -2.42. The van der Waals surface area contributed by atoms with Crippen LogP contribution in [0.3, 0.4) is 0 Å². The topological polar surface area (TPSA) is 71.0 Å². The Morgan fingerprint density at radius 2 is 2.00 bits per heavy atom. The van der Waals surface area contributed by atoms with Crippen LogP contribution in [0.4, 0.5) is 0 Å². The van der Waals surface area contributed by atoms with Crippen molar-refractivity contribution >= 4 is 5.91 Å². The average molecular weight is 394 g/mol. The molecule has 0 aromatic carbocycles. The number of pyridine rings is 1. The van der Waals surface area contributed by atoms with E-state index in [4.69, 9.17) is 4.98 Å². The molecular formula is C23H31N5O. The highest BCUT2D eigenvalue weighted by molar-refractivity contribution is 5.78. The number of nitrogens with zero attached hydrogens (tertiary/aromatic N) is 4. The molecule has 4 rings (SSSR count). The molecule has 0 saturated carbocycles. The molecule has 1 aliphatic carbocycles. The fraction of sp³-hybridized carbons (Fsp3) is 0.565. The predicted octanol–water partition coefficient (Wildman–Crippen LogP) is 3.54. The number of likely N-dealkylation sites (tertiary alicyclic amines) is 1. The van der Waals surface area contributed by atoms with Gasteiger partial charge in [-0.15, -0.1) is 0 Å². The number of aromatic nitrogens is 3. The summed E-state index contributed by atoms with van der Waals surface area (Å²) in [6.45, 7) is 7.03. The van der Waals surface area contributed by atoms with E-state index in [0.29, 0.717) is 12.4 Å². The first kappa shape index (κ1) is 20.0. The molecule has 0 unspecified atom stereocenters. The van der Waals surface area contributed by atoms with Crippen molar-refractivity contribution in [2.75, 3.05) is 19.6 Å². The lowest BCUT2D eigenvalue weighted by atomic mass is 9.74. The second kappa shape index (κ2) is 8.57. The van der Waals surface area contributed by atoms with Crippen molar-refractivity contribution in [3.05, 3.63) is 42.0 Å². The van der Waals surface area contributed by atoms with E-state index < -0.39 is 0 Å². The molecule has 0 spiro atoms. The van der Waals surface area contributed by atoms with Crippen LogP contribution in [-0.2, 0) is 11.2 Å². The van der Waals surface area contributed by atoms with Gasteiger partial charge in [0.05, 0.1) is 18.3 Å². The molecule has 1 aliphatic heterocycles. The number of hydrogen-bond acceptors (Lipinski definition) is 5. The van der Waals surface area contributed by atoms with Crippen molar-refractivity contribution in [1.29, 1.82) is 0 Å². The molecule has 1 amide bonds. The van der Waals surface area contributed by atoms with Gasteiger partial charge in [-0.25, -0.2) is 9.97 Å². The quantitative estimate of drug-likeness (QED) is 0.860. The maximum atomic E-state index is 12.8. The van der Waals surface area contributed by atoms with E-state index in [-0.39, 0.29) is 17.4 Å². The fourth-order valence-corrected chi connectivity index (χ4v) is 4.55. The largest absolute Gasteiger partial charge is 0.348 e. The van der Waals surface area contributed by atoms with Crippen LogP contribution in [0.15, 0.2) is 30.7 Å². The third-order valence-electron chi connectivity index (χ3n) is 6.00. The Bertz CT molecular complexity index is 844. The Hall–Kier alpha value is -2.34. The molecule has 1 N–H and O–H groups in total. The van der Waals surface area contributed by atoms with Crippen LogP contribution in [0, 0.1) is 5.41 Å². The standard InChI is InChI=1S/C23H31N5O/c1-23(2)12-19(26-21(29)16-28-10-5-3-4-6-11-28)18-15-25-22(27-20(18)13-23)17-8-7-9-24-14-17/h7-9,14-15,19H,3-6,10-13,16H2,1-2H3,(H,26,29)/t19-/m0/s1. The first-order valence-electron chi connectivity index (χ1n) is 10.8. The van der Waals surface area contributed by atoms with E-state index in [2.05, 4.69) is 34.0 Å². The van der Waals surface area contributed by atoms with Crippen molar-refractivity contribution in [1.82, 2.24) is 25.2 Å². The van der Waals surface area contributed by atoms with E-state index in [0.717, 1.165) is 42.8 Å². The van der Waals surface area contributed by atoms with E-state index in [1.165, 1.54) is 25.7 Å². The van der Waals surface area contributed by atoms with Gasteiger partial charge in [0.25, 0.3) is 0 Å². The van der Waals surface area contributed by atoms with E-state index in [1.54, 1.807) is 12.4 Å². The van der Waals surface area contributed by atoms with Gasteiger partial charge in [0, 0.05) is 29.7 Å². The first-order valence-corrected chi connectivity index (χ1v) is 10.8. The smallest absolute Gasteiger partial charge is 0.234 e. The summed E-state index contributed by atoms with van der Waals surface area (Å²) in [4.78, 5) is 28.7. The summed E-state index contributed by atoms with van der Waals surface area (Å²) in [5.74, 6) is 0.807. The van der Waals surface area contributed by atoms with Crippen molar-refractivity contribution in [2.24, 2.45) is 5.41 Å². The van der Waals surface area contributed by atoms with E-state index >= 15 is 0 Å². The molecule has 1 saturated heterocycles. The molecule has 0 radical (unpaired) electrons. The van der Waals surface area contributed by atoms with Gasteiger partial charge in [-0.2, -0.15) is 0 Å². The molecule has 1 fully saturated rings. The summed E-state index contributed by atoms with van der Waals surface area (Å²) >= 11 is 0. The zero-order valence-corrected chi connectivity index (χ0v) is 17.5. The average Bonchev–Trinajstić information content (AvgIpc) is 2.96. The van der Waals surface area contributed by atoms with Gasteiger partial charge in [0.1, 0.15) is 0 Å². The van der Waals surface area contributed by atoms with Crippen LogP contribution in [0.1, 0.15) is 63.3 Å². The summed E-state index contributed by atoms with van der Waals surface area (Å²) in [7, 11) is 0. The van der Waals surface area contributed by atoms with E-state index in [9.17, 15) is 4.79 Å². The minimum Gasteiger partial charge on any atom is -0.348 e. The SMILES string of the molecule is CC1(C)Cc2nc(-c3cccnc3)ncc2[C@@H](NC(=O)CN2CCCCCC2)C1. The molecular weight excluding hydrogens is 362 g/mol. The molecule has 2 aromatic rings. The molecule has 1 atom stereocenters. The van der Waals surface area contributed by atoms with Gasteiger partial charge >= 0.3 is 0 Å². The monoisotopic (exact) mass is 393 g/mol. The minimum absolute atomic E-state index is 0.0313. The Morgan fingerprint density at radius 1 is 1.21 bits per heavy atom. The summed E-state index contributed by atoms with van der Waals surface area (Å²) in [6, 6.07) is 3.84. The zero-order chi connectivity index (χ0) is 20.3. The summed E-state index contributed by atoms with van der Waals surface area (Å²) in [5, 5.41) is 3.28. The molecule has 3 heterocycles. The number of rotatable bonds is 4. The first-order chi connectivity index (χ1) is 14.0. The number of nitrogens with one attached hydrogen (secondary N) is 1. The second-order valence-corrected chi connectivity index (χ2v) is 9.19. The second-order valence-electron chi connectivity index (χ2n) is 9.19.